The first-order chi connectivity index (χ1) is 7.24. The number of aromatic hydroxyl groups is 1. The summed E-state index contributed by atoms with van der Waals surface area (Å²) in [5.41, 5.74) is 1.16. The highest BCUT2D eigenvalue weighted by Crippen LogP contribution is 2.09. The minimum absolute atomic E-state index is 0.304. The van der Waals surface area contributed by atoms with Crippen LogP contribution in [0.25, 0.3) is 0 Å². The van der Waals surface area contributed by atoms with Crippen molar-refractivity contribution in [1.82, 2.24) is 0 Å². The Balaban J connectivity index is 0.000000336. The number of phenols is 1. The predicted molar refractivity (Wildman–Crippen MR) is 72.0 cm³/mol. The van der Waals surface area contributed by atoms with E-state index in [0.717, 1.165) is 12.0 Å². The number of phenolic OH excluding ortho intramolecular Hbond substituents is 1. The van der Waals surface area contributed by atoms with Gasteiger partial charge in [-0.1, -0.05) is 38.1 Å². The summed E-state index contributed by atoms with van der Waals surface area (Å²) in [6.07, 6.45) is 0.863. The van der Waals surface area contributed by atoms with E-state index in [1.54, 1.807) is 12.1 Å². The van der Waals surface area contributed by atoms with Crippen molar-refractivity contribution in [3.8, 4) is 5.75 Å². The monoisotopic (exact) mass is 244 g/mol. The van der Waals surface area contributed by atoms with E-state index in [1.165, 1.54) is 12.1 Å². The van der Waals surface area contributed by atoms with E-state index >= 15 is 0 Å². The summed E-state index contributed by atoms with van der Waals surface area (Å²) >= 11 is 5.51. The Morgan fingerprint density at radius 1 is 1.13 bits per heavy atom. The van der Waals surface area contributed by atoms with Crippen LogP contribution in [0.15, 0.2) is 24.3 Å². The van der Waals surface area contributed by atoms with Gasteiger partial charge in [-0.15, -0.1) is 11.6 Å². The number of hydrogen-bond donors (Lipinski definition) is 1. The summed E-state index contributed by atoms with van der Waals surface area (Å²) < 4.78 is 0. The maximum Gasteiger partial charge on any atom is 0.115 e. The number of hydrogen-bond acceptors (Lipinski definition) is 1. The lowest BCUT2D eigenvalue weighted by molar-refractivity contribution is 0.475. The van der Waals surface area contributed by atoms with Crippen molar-refractivity contribution in [2.24, 2.45) is 0 Å². The number of rotatable bonds is 4. The van der Waals surface area contributed by atoms with Crippen LogP contribution >= 0.6 is 11.6 Å². The van der Waals surface area contributed by atoms with Gasteiger partial charge in [-0.05, 0) is 24.1 Å². The van der Waals surface area contributed by atoms with Gasteiger partial charge in [0.2, 0.25) is 0 Å². The Kier molecular flexibility index (Phi) is 9.74. The number of halogens is 1. The van der Waals surface area contributed by atoms with E-state index in [1.807, 2.05) is 12.1 Å². The molecular weight excluding hydrogens is 224 g/mol. The minimum atomic E-state index is 0.304. The molecule has 0 fully saturated rings. The third-order valence-corrected chi connectivity index (χ3v) is 3.63. The maximum absolute atomic E-state index is 8.89. The third-order valence-electron chi connectivity index (χ3n) is 2.03. The lowest BCUT2D eigenvalue weighted by Gasteiger charge is -1.95. The fraction of sp³-hybridized carbons (Fsp3) is 0.500. The van der Waals surface area contributed by atoms with E-state index in [0.29, 0.717) is 21.1 Å². The second-order valence-electron chi connectivity index (χ2n) is 3.46. The minimum Gasteiger partial charge on any atom is -0.508 e. The Hall–Kier alpha value is -0.473. The molecule has 0 amide bonds. The fourth-order valence-corrected chi connectivity index (χ4v) is 2.05. The Morgan fingerprint density at radius 2 is 1.67 bits per heavy atom. The summed E-state index contributed by atoms with van der Waals surface area (Å²) in [7, 11) is 0.432. The van der Waals surface area contributed by atoms with Crippen LogP contribution in [0, 0.1) is 0 Å². The van der Waals surface area contributed by atoms with Crippen LogP contribution in [0.2, 0.25) is 12.1 Å². The summed E-state index contributed by atoms with van der Waals surface area (Å²) in [6.45, 7) is 4.55. The maximum atomic E-state index is 8.89. The van der Waals surface area contributed by atoms with Crippen LogP contribution in [0.5, 0.6) is 5.75 Å². The quantitative estimate of drug-likeness (QED) is 0.637. The van der Waals surface area contributed by atoms with E-state index in [9.17, 15) is 0 Å². The van der Waals surface area contributed by atoms with Crippen molar-refractivity contribution in [3.05, 3.63) is 29.8 Å². The van der Waals surface area contributed by atoms with Crippen molar-refractivity contribution in [2.45, 2.75) is 32.4 Å². The van der Waals surface area contributed by atoms with Gasteiger partial charge in [0.1, 0.15) is 5.75 Å². The molecule has 0 radical (unpaired) electrons. The number of benzene rings is 1. The van der Waals surface area contributed by atoms with Crippen molar-refractivity contribution in [2.75, 3.05) is 5.88 Å². The van der Waals surface area contributed by atoms with Crippen LogP contribution in [0.1, 0.15) is 19.4 Å². The molecule has 0 aliphatic carbocycles. The number of alkyl halides is 1. The zero-order chi connectivity index (χ0) is 11.5. The zero-order valence-electron chi connectivity index (χ0n) is 9.67. The highest BCUT2D eigenvalue weighted by atomic mass is 35.5. The van der Waals surface area contributed by atoms with Crippen LogP contribution in [-0.4, -0.2) is 20.5 Å². The van der Waals surface area contributed by atoms with Crippen molar-refractivity contribution >= 4 is 21.1 Å². The molecule has 0 aliphatic heterocycles. The molecule has 0 heterocycles. The molecule has 0 aliphatic rings. The third kappa shape index (κ3) is 8.52. The molecule has 3 heteroatoms. The molecule has 0 saturated carbocycles. The second kappa shape index (κ2) is 10.1. The lowest BCUT2D eigenvalue weighted by Crippen LogP contribution is -1.83. The van der Waals surface area contributed by atoms with Gasteiger partial charge < -0.3 is 5.11 Å². The standard InChI is InChI=1S/C8H9ClO.C4H12Si/c9-6-5-7-1-3-8(10)4-2-7;1-3-5-4-2/h1-4,10H,5-6H2;3-5H2,1-2H3. The molecule has 1 nitrogen and oxygen atoms in total. The molecule has 0 saturated heterocycles. The van der Waals surface area contributed by atoms with Gasteiger partial charge in [0.05, 0.1) is 0 Å². The molecular formula is C12H21ClOSi. The molecule has 1 N–H and O–H groups in total. The highest BCUT2D eigenvalue weighted by molar-refractivity contribution is 6.34. The highest BCUT2D eigenvalue weighted by Gasteiger charge is 1.90. The Labute approximate surface area is 100 Å². The average Bonchev–Trinajstić information content (AvgIpc) is 2.24. The molecule has 0 atom stereocenters. The SMILES string of the molecule is CC[SiH2]CC.Oc1ccc(CCCl)cc1. The smallest absolute Gasteiger partial charge is 0.115 e. The van der Waals surface area contributed by atoms with Crippen LogP contribution in [0.3, 0.4) is 0 Å². The molecule has 0 spiro atoms. The first-order valence-electron chi connectivity index (χ1n) is 5.58. The molecule has 1 rings (SSSR count). The van der Waals surface area contributed by atoms with Gasteiger partial charge in [0.25, 0.3) is 0 Å². The topological polar surface area (TPSA) is 20.2 Å². The molecule has 15 heavy (non-hydrogen) atoms. The van der Waals surface area contributed by atoms with E-state index < -0.39 is 0 Å². The lowest BCUT2D eigenvalue weighted by atomic mass is 10.2. The first kappa shape index (κ1) is 14.5. The second-order valence-corrected chi connectivity index (χ2v) is 6.54. The van der Waals surface area contributed by atoms with Crippen molar-refractivity contribution in [3.63, 3.8) is 0 Å². The van der Waals surface area contributed by atoms with Crippen LogP contribution < -0.4 is 0 Å². The molecule has 1 aromatic rings. The summed E-state index contributed by atoms with van der Waals surface area (Å²) in [5.74, 6) is 0.934. The normalized spacial score (nSPS) is 9.27. The zero-order valence-corrected chi connectivity index (χ0v) is 11.8. The molecule has 0 unspecified atom stereocenters. The molecule has 0 bridgehead atoms. The average molecular weight is 245 g/mol. The van der Waals surface area contributed by atoms with Gasteiger partial charge in [0, 0.05) is 15.4 Å². The van der Waals surface area contributed by atoms with Crippen molar-refractivity contribution in [1.29, 1.82) is 0 Å². The summed E-state index contributed by atoms with van der Waals surface area (Å²) in [4.78, 5) is 0. The number of aryl methyl sites for hydroxylation is 1. The van der Waals surface area contributed by atoms with Gasteiger partial charge in [-0.3, -0.25) is 0 Å². The van der Waals surface area contributed by atoms with E-state index in [2.05, 4.69) is 13.8 Å². The van der Waals surface area contributed by atoms with Gasteiger partial charge in [-0.25, -0.2) is 0 Å². The van der Waals surface area contributed by atoms with Crippen LogP contribution in [0.4, 0.5) is 0 Å². The van der Waals surface area contributed by atoms with Crippen LogP contribution in [-0.2, 0) is 6.42 Å². The van der Waals surface area contributed by atoms with Gasteiger partial charge in [-0.2, -0.15) is 0 Å². The first-order valence-corrected chi connectivity index (χ1v) is 8.11. The van der Waals surface area contributed by atoms with E-state index in [-0.39, 0.29) is 0 Å². The Morgan fingerprint density at radius 3 is 2.00 bits per heavy atom. The van der Waals surface area contributed by atoms with Gasteiger partial charge in [0.15, 0.2) is 0 Å². The van der Waals surface area contributed by atoms with Gasteiger partial charge >= 0.3 is 0 Å². The Bertz CT molecular complexity index is 234. The molecule has 86 valence electrons. The molecule has 0 aromatic heterocycles. The summed E-state index contributed by atoms with van der Waals surface area (Å²) in [6, 6.07) is 10.0. The summed E-state index contributed by atoms with van der Waals surface area (Å²) in [5, 5.41) is 8.89. The largest absolute Gasteiger partial charge is 0.508 e. The molecule has 1 aromatic carbocycles. The fourth-order valence-electron chi connectivity index (χ4n) is 1.13. The predicted octanol–water partition coefficient (Wildman–Crippen LogP) is 3.21. The van der Waals surface area contributed by atoms with Crippen molar-refractivity contribution < 1.29 is 5.11 Å². The van der Waals surface area contributed by atoms with E-state index in [4.69, 9.17) is 16.7 Å².